The Bertz CT molecular complexity index is 617. The maximum absolute atomic E-state index is 10.8. The molecule has 0 fully saturated rings. The van der Waals surface area contributed by atoms with Crippen LogP contribution in [0.2, 0.25) is 0 Å². The Kier molecular flexibility index (Phi) is 3.16. The van der Waals surface area contributed by atoms with Crippen molar-refractivity contribution in [2.45, 2.75) is 0 Å². The standard InChI is InChI=1S/C12H7N3O3/c13-8-9-3-5-10(6-4-9)18-12-11(15(16)17)2-1-7-14-12/h1-7H. The highest BCUT2D eigenvalue weighted by Gasteiger charge is 2.16. The number of hydrogen-bond donors (Lipinski definition) is 0. The Morgan fingerprint density at radius 1 is 1.28 bits per heavy atom. The van der Waals surface area contributed by atoms with E-state index in [4.69, 9.17) is 10.00 Å². The van der Waals surface area contributed by atoms with Gasteiger partial charge in [0.2, 0.25) is 0 Å². The molecule has 0 spiro atoms. The fraction of sp³-hybridized carbons (Fsp3) is 0. The van der Waals surface area contributed by atoms with Crippen molar-refractivity contribution in [1.82, 2.24) is 4.98 Å². The maximum Gasteiger partial charge on any atom is 0.331 e. The Morgan fingerprint density at radius 2 is 2.00 bits per heavy atom. The molecule has 6 heteroatoms. The van der Waals surface area contributed by atoms with Crippen molar-refractivity contribution in [3.05, 3.63) is 58.3 Å². The van der Waals surface area contributed by atoms with Crippen molar-refractivity contribution >= 4 is 5.69 Å². The van der Waals surface area contributed by atoms with Gasteiger partial charge in [-0.05, 0) is 30.3 Å². The van der Waals surface area contributed by atoms with Crippen molar-refractivity contribution in [1.29, 1.82) is 5.26 Å². The van der Waals surface area contributed by atoms with Crippen LogP contribution in [0.4, 0.5) is 5.69 Å². The van der Waals surface area contributed by atoms with E-state index in [0.717, 1.165) is 0 Å². The van der Waals surface area contributed by atoms with Crippen LogP contribution in [0.15, 0.2) is 42.6 Å². The molecule has 88 valence electrons. The molecule has 0 unspecified atom stereocenters. The van der Waals surface area contributed by atoms with Gasteiger partial charge >= 0.3 is 5.69 Å². The highest BCUT2D eigenvalue weighted by molar-refractivity contribution is 5.43. The number of pyridine rings is 1. The van der Waals surface area contributed by atoms with Gasteiger partial charge in [0, 0.05) is 12.3 Å². The quantitative estimate of drug-likeness (QED) is 0.608. The molecule has 0 atom stereocenters. The van der Waals surface area contributed by atoms with Gasteiger partial charge in [-0.25, -0.2) is 4.98 Å². The van der Waals surface area contributed by atoms with Crippen LogP contribution in [-0.2, 0) is 0 Å². The van der Waals surface area contributed by atoms with Crippen LogP contribution in [-0.4, -0.2) is 9.91 Å². The van der Waals surface area contributed by atoms with Gasteiger partial charge < -0.3 is 4.74 Å². The lowest BCUT2D eigenvalue weighted by Gasteiger charge is -2.04. The highest BCUT2D eigenvalue weighted by atomic mass is 16.6. The molecule has 18 heavy (non-hydrogen) atoms. The van der Waals surface area contributed by atoms with E-state index in [1.165, 1.54) is 18.3 Å². The third-order valence-corrected chi connectivity index (χ3v) is 2.15. The average molecular weight is 241 g/mol. The highest BCUT2D eigenvalue weighted by Crippen LogP contribution is 2.28. The Hall–Kier alpha value is -2.94. The number of benzene rings is 1. The molecule has 0 radical (unpaired) electrons. The lowest BCUT2D eigenvalue weighted by Crippen LogP contribution is -1.95. The van der Waals surface area contributed by atoms with E-state index in [0.29, 0.717) is 11.3 Å². The first-order valence-corrected chi connectivity index (χ1v) is 4.98. The average Bonchev–Trinajstić information content (AvgIpc) is 2.40. The topological polar surface area (TPSA) is 89.0 Å². The monoisotopic (exact) mass is 241 g/mol. The summed E-state index contributed by atoms with van der Waals surface area (Å²) >= 11 is 0. The first-order chi connectivity index (χ1) is 8.70. The second-order valence-electron chi connectivity index (χ2n) is 3.32. The summed E-state index contributed by atoms with van der Waals surface area (Å²) in [5, 5.41) is 19.4. The summed E-state index contributed by atoms with van der Waals surface area (Å²) in [7, 11) is 0. The van der Waals surface area contributed by atoms with Crippen LogP contribution in [0.5, 0.6) is 11.6 Å². The minimum Gasteiger partial charge on any atom is -0.434 e. The number of ether oxygens (including phenoxy) is 1. The van der Waals surface area contributed by atoms with E-state index in [1.807, 2.05) is 6.07 Å². The molecule has 6 nitrogen and oxygen atoms in total. The van der Waals surface area contributed by atoms with Gasteiger partial charge in [-0.1, -0.05) is 0 Å². The third-order valence-electron chi connectivity index (χ3n) is 2.15. The summed E-state index contributed by atoms with van der Waals surface area (Å²) in [5.74, 6) is 0.308. The summed E-state index contributed by atoms with van der Waals surface area (Å²) in [6, 6.07) is 11.0. The van der Waals surface area contributed by atoms with Gasteiger partial charge in [0.25, 0.3) is 5.88 Å². The lowest BCUT2D eigenvalue weighted by molar-refractivity contribution is -0.386. The fourth-order valence-electron chi connectivity index (χ4n) is 1.31. The number of rotatable bonds is 3. The molecule has 1 heterocycles. The largest absolute Gasteiger partial charge is 0.434 e. The SMILES string of the molecule is N#Cc1ccc(Oc2ncccc2[N+](=O)[O-])cc1. The Labute approximate surface area is 102 Å². The number of nitro groups is 1. The molecule has 2 rings (SSSR count). The Balaban J connectivity index is 2.28. The van der Waals surface area contributed by atoms with Gasteiger partial charge in [-0.3, -0.25) is 10.1 Å². The number of aromatic nitrogens is 1. The molecule has 0 saturated heterocycles. The molecule has 0 bridgehead atoms. The normalized spacial score (nSPS) is 9.50. The zero-order valence-electron chi connectivity index (χ0n) is 9.11. The first kappa shape index (κ1) is 11.5. The fourth-order valence-corrected chi connectivity index (χ4v) is 1.31. The molecule has 0 amide bonds. The first-order valence-electron chi connectivity index (χ1n) is 4.98. The summed E-state index contributed by atoms with van der Waals surface area (Å²) in [4.78, 5) is 14.0. The Morgan fingerprint density at radius 3 is 2.61 bits per heavy atom. The van der Waals surface area contributed by atoms with Crippen LogP contribution >= 0.6 is 0 Å². The number of nitrogens with zero attached hydrogens (tertiary/aromatic N) is 3. The predicted molar refractivity (Wildman–Crippen MR) is 62.1 cm³/mol. The summed E-state index contributed by atoms with van der Waals surface area (Å²) < 4.78 is 5.31. The molecule has 0 N–H and O–H groups in total. The molecule has 0 aliphatic carbocycles. The molecule has 0 aliphatic rings. The van der Waals surface area contributed by atoms with Crippen molar-refractivity contribution in [3.63, 3.8) is 0 Å². The smallest absolute Gasteiger partial charge is 0.331 e. The van der Waals surface area contributed by atoms with Crippen molar-refractivity contribution < 1.29 is 9.66 Å². The van der Waals surface area contributed by atoms with Gasteiger partial charge in [-0.15, -0.1) is 0 Å². The summed E-state index contributed by atoms with van der Waals surface area (Å²) in [6.45, 7) is 0. The van der Waals surface area contributed by atoms with E-state index in [2.05, 4.69) is 4.98 Å². The van der Waals surface area contributed by atoms with E-state index >= 15 is 0 Å². The van der Waals surface area contributed by atoms with Crippen LogP contribution in [0.1, 0.15) is 5.56 Å². The van der Waals surface area contributed by atoms with Gasteiger partial charge in [0.05, 0.1) is 16.6 Å². The number of nitriles is 1. The van der Waals surface area contributed by atoms with E-state index in [1.54, 1.807) is 24.3 Å². The summed E-state index contributed by atoms with van der Waals surface area (Å²) in [6.07, 6.45) is 1.41. The van der Waals surface area contributed by atoms with E-state index in [9.17, 15) is 10.1 Å². The zero-order chi connectivity index (χ0) is 13.0. The predicted octanol–water partition coefficient (Wildman–Crippen LogP) is 2.65. The molecule has 1 aromatic carbocycles. The van der Waals surface area contributed by atoms with Gasteiger partial charge in [0.15, 0.2) is 0 Å². The van der Waals surface area contributed by atoms with E-state index < -0.39 is 4.92 Å². The molecule has 1 aromatic heterocycles. The van der Waals surface area contributed by atoms with Crippen LogP contribution in [0, 0.1) is 21.4 Å². The van der Waals surface area contributed by atoms with E-state index in [-0.39, 0.29) is 11.6 Å². The molecule has 0 aliphatic heterocycles. The maximum atomic E-state index is 10.8. The summed E-state index contributed by atoms with van der Waals surface area (Å²) in [5.41, 5.74) is 0.278. The zero-order valence-corrected chi connectivity index (χ0v) is 9.11. The van der Waals surface area contributed by atoms with Crippen LogP contribution < -0.4 is 4.74 Å². The van der Waals surface area contributed by atoms with Crippen molar-refractivity contribution in [2.75, 3.05) is 0 Å². The van der Waals surface area contributed by atoms with Crippen LogP contribution in [0.3, 0.4) is 0 Å². The molecule has 2 aromatic rings. The third kappa shape index (κ3) is 2.41. The van der Waals surface area contributed by atoms with Crippen molar-refractivity contribution in [2.24, 2.45) is 0 Å². The minimum atomic E-state index is -0.564. The molecule has 0 saturated carbocycles. The minimum absolute atomic E-state index is 0.0767. The van der Waals surface area contributed by atoms with Gasteiger partial charge in [0.1, 0.15) is 5.75 Å². The molecular weight excluding hydrogens is 234 g/mol. The van der Waals surface area contributed by atoms with Crippen LogP contribution in [0.25, 0.3) is 0 Å². The lowest BCUT2D eigenvalue weighted by atomic mass is 10.2. The number of hydrogen-bond acceptors (Lipinski definition) is 5. The van der Waals surface area contributed by atoms with Gasteiger partial charge in [-0.2, -0.15) is 5.26 Å². The second-order valence-corrected chi connectivity index (χ2v) is 3.32. The second kappa shape index (κ2) is 4.93. The van der Waals surface area contributed by atoms with Crippen molar-refractivity contribution in [3.8, 4) is 17.7 Å². The molecular formula is C12H7N3O3.